The van der Waals surface area contributed by atoms with Crippen molar-refractivity contribution in [2.24, 2.45) is 7.05 Å². The minimum absolute atomic E-state index is 0.170. The molecule has 0 aliphatic heterocycles. The molecule has 0 unspecified atom stereocenters. The smallest absolute Gasteiger partial charge is 0.125 e. The molecule has 16 heavy (non-hydrogen) atoms. The predicted molar refractivity (Wildman–Crippen MR) is 69.3 cm³/mol. The Labute approximate surface area is 99.6 Å². The number of hydrogen-bond acceptors (Lipinski definition) is 1. The maximum absolute atomic E-state index is 13.1. The number of hydrogen-bond donors (Lipinski definition) is 0. The third-order valence-corrected chi connectivity index (χ3v) is 3.75. The summed E-state index contributed by atoms with van der Waals surface area (Å²) in [6.45, 7) is 4.38. The lowest BCUT2D eigenvalue weighted by Crippen LogP contribution is -1.88. The van der Waals surface area contributed by atoms with Gasteiger partial charge in [-0.3, -0.25) is 0 Å². The zero-order valence-electron chi connectivity index (χ0n) is 9.83. The molecule has 0 radical (unpaired) electrons. The molecule has 1 nitrogen and oxygen atoms in total. The molecular formula is C13H16FNS. The van der Waals surface area contributed by atoms with Crippen LogP contribution in [0, 0.1) is 5.82 Å². The molecule has 0 saturated heterocycles. The Bertz CT molecular complexity index is 502. The van der Waals surface area contributed by atoms with Crippen molar-refractivity contribution >= 4 is 22.7 Å². The first kappa shape index (κ1) is 11.5. The fraction of sp³-hybridized carbons (Fsp3) is 0.385. The highest BCUT2D eigenvalue weighted by Crippen LogP contribution is 2.26. The molecule has 1 aromatic heterocycles. The third-order valence-electron chi connectivity index (χ3n) is 2.61. The van der Waals surface area contributed by atoms with Crippen molar-refractivity contribution in [1.82, 2.24) is 4.57 Å². The van der Waals surface area contributed by atoms with Gasteiger partial charge in [0.25, 0.3) is 0 Å². The Morgan fingerprint density at radius 3 is 2.81 bits per heavy atom. The summed E-state index contributed by atoms with van der Waals surface area (Å²) in [6.07, 6.45) is 2.10. The van der Waals surface area contributed by atoms with Crippen LogP contribution in [-0.4, -0.2) is 9.82 Å². The molecule has 0 saturated carbocycles. The van der Waals surface area contributed by atoms with Crippen LogP contribution in [0.4, 0.5) is 4.39 Å². The number of nitrogens with zero attached hydrogens (tertiary/aromatic N) is 1. The van der Waals surface area contributed by atoms with Gasteiger partial charge in [-0.2, -0.15) is 11.8 Å². The van der Waals surface area contributed by atoms with Crippen molar-refractivity contribution in [2.75, 3.05) is 0 Å². The largest absolute Gasteiger partial charge is 0.350 e. The molecule has 0 aliphatic rings. The summed E-state index contributed by atoms with van der Waals surface area (Å²) < 4.78 is 15.1. The Morgan fingerprint density at radius 2 is 2.12 bits per heavy atom. The van der Waals surface area contributed by atoms with Gasteiger partial charge in [-0.15, -0.1) is 0 Å². The van der Waals surface area contributed by atoms with E-state index in [2.05, 4.69) is 20.0 Å². The zero-order chi connectivity index (χ0) is 11.7. The Morgan fingerprint density at radius 1 is 1.38 bits per heavy atom. The van der Waals surface area contributed by atoms with Crippen LogP contribution >= 0.6 is 11.8 Å². The summed E-state index contributed by atoms with van der Waals surface area (Å²) in [7, 11) is 1.96. The first-order chi connectivity index (χ1) is 7.58. The SMILES string of the molecule is CC(C)SCc1cn(C)c2cc(F)ccc12. The fourth-order valence-corrected chi connectivity index (χ4v) is 2.56. The lowest BCUT2D eigenvalue weighted by Gasteiger charge is -2.03. The molecular weight excluding hydrogens is 221 g/mol. The maximum atomic E-state index is 13.1. The van der Waals surface area contributed by atoms with Gasteiger partial charge >= 0.3 is 0 Å². The minimum atomic E-state index is -0.170. The van der Waals surface area contributed by atoms with Crippen molar-refractivity contribution in [3.05, 3.63) is 35.8 Å². The molecule has 0 atom stereocenters. The molecule has 86 valence electrons. The van der Waals surface area contributed by atoms with E-state index < -0.39 is 0 Å². The molecule has 3 heteroatoms. The van der Waals surface area contributed by atoms with Crippen molar-refractivity contribution in [2.45, 2.75) is 24.9 Å². The van der Waals surface area contributed by atoms with Crippen LogP contribution in [0.2, 0.25) is 0 Å². The van der Waals surface area contributed by atoms with Crippen molar-refractivity contribution < 1.29 is 4.39 Å². The molecule has 2 aromatic rings. The molecule has 2 rings (SSSR count). The number of benzene rings is 1. The lowest BCUT2D eigenvalue weighted by atomic mass is 10.2. The van der Waals surface area contributed by atoms with Gasteiger partial charge in [0.05, 0.1) is 5.52 Å². The number of aromatic nitrogens is 1. The Hall–Kier alpha value is -0.960. The first-order valence-corrected chi connectivity index (χ1v) is 6.48. The van der Waals surface area contributed by atoms with E-state index in [1.165, 1.54) is 11.6 Å². The second-order valence-corrected chi connectivity index (χ2v) is 5.85. The Balaban J connectivity index is 2.39. The number of fused-ring (bicyclic) bond motifs is 1. The molecule has 0 bridgehead atoms. The molecule has 0 fully saturated rings. The molecule has 0 N–H and O–H groups in total. The predicted octanol–water partition coefficient (Wildman–Crippen LogP) is 3.96. The van der Waals surface area contributed by atoms with Gasteiger partial charge in [-0.1, -0.05) is 13.8 Å². The topological polar surface area (TPSA) is 4.93 Å². The average Bonchev–Trinajstić information content (AvgIpc) is 2.53. The highest BCUT2D eigenvalue weighted by Gasteiger charge is 2.08. The first-order valence-electron chi connectivity index (χ1n) is 5.43. The minimum Gasteiger partial charge on any atom is -0.350 e. The fourth-order valence-electron chi connectivity index (χ4n) is 1.81. The quantitative estimate of drug-likeness (QED) is 0.782. The monoisotopic (exact) mass is 237 g/mol. The van der Waals surface area contributed by atoms with Crippen molar-refractivity contribution in [1.29, 1.82) is 0 Å². The van der Waals surface area contributed by atoms with Gasteiger partial charge in [0, 0.05) is 24.4 Å². The second kappa shape index (κ2) is 4.50. The van der Waals surface area contributed by atoms with Gasteiger partial charge in [0.1, 0.15) is 5.82 Å². The molecule has 1 aromatic carbocycles. The number of thioether (sulfide) groups is 1. The van der Waals surface area contributed by atoms with Gasteiger partial charge in [0.2, 0.25) is 0 Å². The summed E-state index contributed by atoms with van der Waals surface area (Å²) in [6, 6.07) is 5.01. The standard InChI is InChI=1S/C13H16FNS/c1-9(2)16-8-10-7-15(3)13-6-11(14)4-5-12(10)13/h4-7,9H,8H2,1-3H3. The zero-order valence-corrected chi connectivity index (χ0v) is 10.6. The average molecular weight is 237 g/mol. The normalized spacial score (nSPS) is 11.6. The van der Waals surface area contributed by atoms with Crippen LogP contribution in [-0.2, 0) is 12.8 Å². The number of halogens is 1. The number of rotatable bonds is 3. The van der Waals surface area contributed by atoms with Gasteiger partial charge in [-0.05, 0) is 29.0 Å². The summed E-state index contributed by atoms with van der Waals surface area (Å²) in [5.74, 6) is 0.817. The molecule has 0 spiro atoms. The van der Waals surface area contributed by atoms with E-state index in [1.807, 2.05) is 29.4 Å². The summed E-state index contributed by atoms with van der Waals surface area (Å²) in [5.41, 5.74) is 2.26. The van der Waals surface area contributed by atoms with Crippen molar-refractivity contribution in [3.63, 3.8) is 0 Å². The van der Waals surface area contributed by atoms with E-state index in [0.717, 1.165) is 16.7 Å². The van der Waals surface area contributed by atoms with E-state index in [1.54, 1.807) is 6.07 Å². The maximum Gasteiger partial charge on any atom is 0.125 e. The highest BCUT2D eigenvalue weighted by atomic mass is 32.2. The van der Waals surface area contributed by atoms with E-state index in [9.17, 15) is 4.39 Å². The van der Waals surface area contributed by atoms with Crippen LogP contribution in [0.25, 0.3) is 10.9 Å². The van der Waals surface area contributed by atoms with Crippen molar-refractivity contribution in [3.8, 4) is 0 Å². The van der Waals surface area contributed by atoms with Crippen LogP contribution < -0.4 is 0 Å². The second-order valence-electron chi connectivity index (χ2n) is 4.29. The van der Waals surface area contributed by atoms with Crippen LogP contribution in [0.5, 0.6) is 0 Å². The van der Waals surface area contributed by atoms with Crippen LogP contribution in [0.1, 0.15) is 19.4 Å². The summed E-state index contributed by atoms with van der Waals surface area (Å²) in [5, 5.41) is 1.78. The van der Waals surface area contributed by atoms with E-state index in [-0.39, 0.29) is 5.82 Å². The van der Waals surface area contributed by atoms with E-state index in [4.69, 9.17) is 0 Å². The summed E-state index contributed by atoms with van der Waals surface area (Å²) in [4.78, 5) is 0. The molecule has 1 heterocycles. The Kier molecular flexibility index (Phi) is 3.24. The van der Waals surface area contributed by atoms with Crippen LogP contribution in [0.15, 0.2) is 24.4 Å². The molecule has 0 amide bonds. The van der Waals surface area contributed by atoms with Gasteiger partial charge in [0.15, 0.2) is 0 Å². The molecule has 0 aliphatic carbocycles. The van der Waals surface area contributed by atoms with Crippen LogP contribution in [0.3, 0.4) is 0 Å². The van der Waals surface area contributed by atoms with Gasteiger partial charge in [-0.25, -0.2) is 4.39 Å². The van der Waals surface area contributed by atoms with E-state index in [0.29, 0.717) is 5.25 Å². The van der Waals surface area contributed by atoms with E-state index >= 15 is 0 Å². The third kappa shape index (κ3) is 2.24. The van der Waals surface area contributed by atoms with Gasteiger partial charge < -0.3 is 4.57 Å². The number of aryl methyl sites for hydroxylation is 1. The highest BCUT2D eigenvalue weighted by molar-refractivity contribution is 7.99. The summed E-state index contributed by atoms with van der Waals surface area (Å²) >= 11 is 1.91. The lowest BCUT2D eigenvalue weighted by molar-refractivity contribution is 0.629.